The molecule has 2 aromatic carbocycles. The van der Waals surface area contributed by atoms with Crippen LogP contribution in [0.25, 0.3) is 10.9 Å². The zero-order valence-electron chi connectivity index (χ0n) is 18.1. The molecule has 2 saturated heterocycles. The standard InChI is InChI=1S/C23H26ClFN4O2S/c1-16-12-23(15-27(2)32(30,31)29(23)20-5-3-4-19(25)11-20)8-9-28(16)14-17-13-26-22-7-6-18(24)10-21(17)22/h3-7,10-11,13,16,26H,8-9,12,14-15H2,1-2H3/t16-,23+/m0/s1. The van der Waals surface area contributed by atoms with Crippen LogP contribution in [-0.4, -0.2) is 54.3 Å². The van der Waals surface area contributed by atoms with E-state index in [2.05, 4.69) is 16.8 Å². The molecule has 1 aromatic heterocycles. The summed E-state index contributed by atoms with van der Waals surface area (Å²) in [7, 11) is -2.11. The highest BCUT2D eigenvalue weighted by Crippen LogP contribution is 2.44. The summed E-state index contributed by atoms with van der Waals surface area (Å²) < 4.78 is 43.2. The normalized spacial score (nSPS) is 26.4. The van der Waals surface area contributed by atoms with Gasteiger partial charge < -0.3 is 4.98 Å². The number of benzene rings is 2. The fraction of sp³-hybridized carbons (Fsp3) is 0.391. The third-order valence-corrected chi connectivity index (χ3v) is 9.09. The van der Waals surface area contributed by atoms with Gasteiger partial charge in [-0.25, -0.2) is 4.39 Å². The number of fused-ring (bicyclic) bond motifs is 1. The molecular weight excluding hydrogens is 451 g/mol. The number of hydrogen-bond acceptors (Lipinski definition) is 3. The molecule has 0 aliphatic carbocycles. The van der Waals surface area contributed by atoms with E-state index in [1.54, 1.807) is 19.2 Å². The van der Waals surface area contributed by atoms with Crippen molar-refractivity contribution in [2.24, 2.45) is 0 Å². The highest BCUT2D eigenvalue weighted by molar-refractivity contribution is 7.90. The lowest BCUT2D eigenvalue weighted by Crippen LogP contribution is -2.57. The topological polar surface area (TPSA) is 59.7 Å². The lowest BCUT2D eigenvalue weighted by Gasteiger charge is -2.47. The molecule has 32 heavy (non-hydrogen) atoms. The molecule has 3 heterocycles. The van der Waals surface area contributed by atoms with Crippen molar-refractivity contribution in [2.45, 2.75) is 37.9 Å². The van der Waals surface area contributed by atoms with Crippen LogP contribution >= 0.6 is 11.6 Å². The zero-order chi connectivity index (χ0) is 22.7. The van der Waals surface area contributed by atoms with Gasteiger partial charge in [-0.3, -0.25) is 9.21 Å². The zero-order valence-corrected chi connectivity index (χ0v) is 19.6. The molecule has 2 aliphatic rings. The summed E-state index contributed by atoms with van der Waals surface area (Å²) in [6, 6.07) is 11.9. The summed E-state index contributed by atoms with van der Waals surface area (Å²) in [6.45, 7) is 4.02. The van der Waals surface area contributed by atoms with Crippen LogP contribution in [0.1, 0.15) is 25.3 Å². The number of aromatic amines is 1. The summed E-state index contributed by atoms with van der Waals surface area (Å²) in [4.78, 5) is 5.68. The van der Waals surface area contributed by atoms with Crippen molar-refractivity contribution in [3.8, 4) is 0 Å². The van der Waals surface area contributed by atoms with Crippen molar-refractivity contribution < 1.29 is 12.8 Å². The van der Waals surface area contributed by atoms with Crippen LogP contribution < -0.4 is 4.31 Å². The van der Waals surface area contributed by atoms with Gasteiger partial charge in [0.2, 0.25) is 0 Å². The molecule has 1 spiro atoms. The Labute approximate surface area is 192 Å². The van der Waals surface area contributed by atoms with Crippen LogP contribution in [0.4, 0.5) is 10.1 Å². The van der Waals surface area contributed by atoms with Gasteiger partial charge in [0, 0.05) is 54.8 Å². The van der Waals surface area contributed by atoms with Gasteiger partial charge in [-0.2, -0.15) is 12.7 Å². The molecule has 9 heteroatoms. The monoisotopic (exact) mass is 476 g/mol. The minimum atomic E-state index is -3.71. The number of anilines is 1. The van der Waals surface area contributed by atoms with Crippen molar-refractivity contribution in [2.75, 3.05) is 24.4 Å². The van der Waals surface area contributed by atoms with Crippen LogP contribution in [0.15, 0.2) is 48.7 Å². The number of nitrogens with zero attached hydrogens (tertiary/aromatic N) is 3. The van der Waals surface area contributed by atoms with E-state index in [1.165, 1.54) is 26.3 Å². The molecule has 0 radical (unpaired) electrons. The first kappa shape index (κ1) is 21.7. The summed E-state index contributed by atoms with van der Waals surface area (Å²) in [5.74, 6) is -0.439. The third-order valence-electron chi connectivity index (χ3n) is 6.88. The molecule has 2 fully saturated rings. The Bertz CT molecular complexity index is 1280. The van der Waals surface area contributed by atoms with Gasteiger partial charge in [0.05, 0.1) is 11.2 Å². The number of likely N-dealkylation sites (tertiary alicyclic amines) is 1. The van der Waals surface area contributed by atoms with Gasteiger partial charge in [0.1, 0.15) is 5.82 Å². The predicted molar refractivity (Wildman–Crippen MR) is 126 cm³/mol. The first-order valence-corrected chi connectivity index (χ1v) is 12.5. The van der Waals surface area contributed by atoms with E-state index in [4.69, 9.17) is 11.6 Å². The summed E-state index contributed by atoms with van der Waals surface area (Å²) in [5.41, 5.74) is 2.01. The molecule has 170 valence electrons. The predicted octanol–water partition coefficient (Wildman–Crippen LogP) is 4.38. The fourth-order valence-corrected chi connectivity index (χ4v) is 7.32. The molecule has 0 bridgehead atoms. The molecule has 3 aromatic rings. The Hall–Kier alpha value is -2.13. The van der Waals surface area contributed by atoms with Crippen LogP contribution in [-0.2, 0) is 16.8 Å². The maximum atomic E-state index is 14.0. The Morgan fingerprint density at radius 3 is 2.81 bits per heavy atom. The van der Waals surface area contributed by atoms with Crippen molar-refractivity contribution in [3.05, 3.63) is 65.1 Å². The number of piperidine rings is 1. The molecular formula is C23H26ClFN4O2S. The SMILES string of the molecule is C[C@H]1C[C@]2(CCN1Cc1c[nH]c3ccc(Cl)cc13)CN(C)S(=O)(=O)N2c1cccc(F)c1. The van der Waals surface area contributed by atoms with Gasteiger partial charge in [-0.15, -0.1) is 0 Å². The van der Waals surface area contributed by atoms with E-state index in [0.29, 0.717) is 30.1 Å². The second kappa shape index (κ2) is 7.73. The minimum Gasteiger partial charge on any atom is -0.361 e. The molecule has 0 saturated carbocycles. The highest BCUT2D eigenvalue weighted by atomic mass is 35.5. The van der Waals surface area contributed by atoms with Gasteiger partial charge in [0.25, 0.3) is 0 Å². The molecule has 0 unspecified atom stereocenters. The molecule has 1 N–H and O–H groups in total. The average Bonchev–Trinajstić information content (AvgIpc) is 3.19. The number of hydrogen-bond donors (Lipinski definition) is 1. The lowest BCUT2D eigenvalue weighted by atomic mass is 9.82. The summed E-state index contributed by atoms with van der Waals surface area (Å²) in [5, 5.41) is 1.81. The Morgan fingerprint density at radius 2 is 2.06 bits per heavy atom. The van der Waals surface area contributed by atoms with Crippen LogP contribution in [0, 0.1) is 5.82 Å². The van der Waals surface area contributed by atoms with Gasteiger partial charge in [-0.05, 0) is 61.7 Å². The lowest BCUT2D eigenvalue weighted by molar-refractivity contribution is 0.101. The second-order valence-corrected chi connectivity index (χ2v) is 11.3. The Balaban J connectivity index is 1.43. The van der Waals surface area contributed by atoms with E-state index < -0.39 is 21.6 Å². The van der Waals surface area contributed by atoms with E-state index in [1.807, 2.05) is 24.4 Å². The van der Waals surface area contributed by atoms with E-state index in [-0.39, 0.29) is 6.04 Å². The van der Waals surface area contributed by atoms with Crippen molar-refractivity contribution in [3.63, 3.8) is 0 Å². The average molecular weight is 477 g/mol. The third kappa shape index (κ3) is 3.50. The van der Waals surface area contributed by atoms with Gasteiger partial charge >= 0.3 is 10.2 Å². The molecule has 5 rings (SSSR count). The first-order chi connectivity index (χ1) is 15.2. The number of aromatic nitrogens is 1. The first-order valence-electron chi connectivity index (χ1n) is 10.7. The number of nitrogens with one attached hydrogen (secondary N) is 1. The maximum absolute atomic E-state index is 14.0. The number of halogens is 2. The quantitative estimate of drug-likeness (QED) is 0.610. The van der Waals surface area contributed by atoms with E-state index in [0.717, 1.165) is 24.0 Å². The van der Waals surface area contributed by atoms with Crippen LogP contribution in [0.2, 0.25) is 5.02 Å². The highest BCUT2D eigenvalue weighted by Gasteiger charge is 2.55. The maximum Gasteiger partial charge on any atom is 0.304 e. The van der Waals surface area contributed by atoms with Crippen LogP contribution in [0.5, 0.6) is 0 Å². The molecule has 6 nitrogen and oxygen atoms in total. The molecule has 2 atom stereocenters. The van der Waals surface area contributed by atoms with Crippen molar-refractivity contribution in [1.29, 1.82) is 0 Å². The Morgan fingerprint density at radius 1 is 1.25 bits per heavy atom. The smallest absolute Gasteiger partial charge is 0.304 e. The number of H-pyrrole nitrogens is 1. The molecule has 0 amide bonds. The summed E-state index contributed by atoms with van der Waals surface area (Å²) in [6.07, 6.45) is 3.35. The van der Waals surface area contributed by atoms with Crippen molar-refractivity contribution in [1.82, 2.24) is 14.2 Å². The van der Waals surface area contributed by atoms with E-state index in [9.17, 15) is 12.8 Å². The van der Waals surface area contributed by atoms with E-state index >= 15 is 0 Å². The van der Waals surface area contributed by atoms with Gasteiger partial charge in [-0.1, -0.05) is 17.7 Å². The number of rotatable bonds is 3. The fourth-order valence-electron chi connectivity index (χ4n) is 5.37. The largest absolute Gasteiger partial charge is 0.361 e. The summed E-state index contributed by atoms with van der Waals surface area (Å²) >= 11 is 6.21. The van der Waals surface area contributed by atoms with Crippen molar-refractivity contribution >= 4 is 38.4 Å². The Kier molecular flexibility index (Phi) is 5.24. The number of likely N-dealkylation sites (N-methyl/N-ethyl adjacent to an activating group) is 1. The molecule has 2 aliphatic heterocycles. The minimum absolute atomic E-state index is 0.144. The second-order valence-electron chi connectivity index (χ2n) is 9.01. The van der Waals surface area contributed by atoms with Gasteiger partial charge in [0.15, 0.2) is 0 Å². The van der Waals surface area contributed by atoms with Crippen LogP contribution in [0.3, 0.4) is 0 Å².